The number of anilines is 1. The predicted molar refractivity (Wildman–Crippen MR) is 191 cm³/mol. The van der Waals surface area contributed by atoms with Crippen molar-refractivity contribution in [2.24, 2.45) is 5.73 Å². The van der Waals surface area contributed by atoms with Crippen molar-refractivity contribution in [3.8, 4) is 0 Å². The Morgan fingerprint density at radius 1 is 1.00 bits per heavy atom. The van der Waals surface area contributed by atoms with E-state index in [1.807, 2.05) is 57.3 Å². The minimum atomic E-state index is -0.968. The normalized spacial score (nSPS) is 20.3. The summed E-state index contributed by atoms with van der Waals surface area (Å²) in [7, 11) is 0. The van der Waals surface area contributed by atoms with Crippen LogP contribution in [0, 0.1) is 0 Å². The minimum Gasteiger partial charge on any atom is -0.444 e. The van der Waals surface area contributed by atoms with Crippen LogP contribution in [0.25, 0.3) is 11.0 Å². The van der Waals surface area contributed by atoms with Gasteiger partial charge in [0.25, 0.3) is 0 Å². The minimum absolute atomic E-state index is 0.119. The molecule has 3 aromatic rings. The number of carbonyl (C=O) groups excluding carboxylic acids is 2. The molecule has 2 amide bonds. The second-order valence-electron chi connectivity index (χ2n) is 14.8. The summed E-state index contributed by atoms with van der Waals surface area (Å²) in [5.41, 5.74) is 7.18. The molecule has 13 heteroatoms. The number of aromatic amines is 1. The van der Waals surface area contributed by atoms with Crippen molar-refractivity contribution in [1.29, 1.82) is 0 Å². The second kappa shape index (κ2) is 15.2. The van der Waals surface area contributed by atoms with Crippen LogP contribution in [0.3, 0.4) is 0 Å². The highest BCUT2D eigenvalue weighted by Crippen LogP contribution is 2.30. The number of carbonyl (C=O) groups is 2. The number of benzene rings is 1. The number of likely N-dealkylation sites (tertiary alicyclic amines) is 2. The number of hydrogen-bond donors (Lipinski definition) is 3. The SMILES string of the molecule is CC(C)(C)OC(=O)N1CCC(OC2CCN(CC[C@H](NC(=O)C3(N)CCN(c4ncnc5[nH]ccc45)CC3)c3ccc(Cl)cc3)CC2)CC1. The molecule has 3 fully saturated rings. The first kappa shape index (κ1) is 35.4. The molecule has 5 heterocycles. The van der Waals surface area contributed by atoms with Gasteiger partial charge in [0.1, 0.15) is 23.4 Å². The van der Waals surface area contributed by atoms with E-state index in [2.05, 4.69) is 30.1 Å². The predicted octanol–water partition coefficient (Wildman–Crippen LogP) is 5.04. The molecule has 266 valence electrons. The molecule has 3 saturated heterocycles. The fourth-order valence-electron chi connectivity index (χ4n) is 7.13. The summed E-state index contributed by atoms with van der Waals surface area (Å²) in [4.78, 5) is 44.6. The molecule has 12 nitrogen and oxygen atoms in total. The third-order valence-electron chi connectivity index (χ3n) is 10.1. The van der Waals surface area contributed by atoms with Crippen molar-refractivity contribution in [3.63, 3.8) is 0 Å². The average molecular weight is 695 g/mol. The molecule has 0 aliphatic carbocycles. The number of H-pyrrole nitrogens is 1. The molecule has 49 heavy (non-hydrogen) atoms. The Morgan fingerprint density at radius 2 is 1.65 bits per heavy atom. The van der Waals surface area contributed by atoms with Crippen LogP contribution >= 0.6 is 11.6 Å². The largest absolute Gasteiger partial charge is 0.444 e. The van der Waals surface area contributed by atoms with Crippen molar-refractivity contribution in [2.45, 2.75) is 95.1 Å². The molecule has 1 atom stereocenters. The maximum Gasteiger partial charge on any atom is 0.410 e. The van der Waals surface area contributed by atoms with E-state index in [4.69, 9.17) is 26.8 Å². The highest BCUT2D eigenvalue weighted by atomic mass is 35.5. The van der Waals surface area contributed by atoms with Crippen molar-refractivity contribution in [3.05, 3.63) is 53.4 Å². The number of nitrogens with zero attached hydrogens (tertiary/aromatic N) is 5. The van der Waals surface area contributed by atoms with Crippen molar-refractivity contribution in [1.82, 2.24) is 30.1 Å². The number of nitrogens with one attached hydrogen (secondary N) is 2. The van der Waals surface area contributed by atoms with Crippen molar-refractivity contribution in [2.75, 3.05) is 50.7 Å². The maximum atomic E-state index is 13.8. The summed E-state index contributed by atoms with van der Waals surface area (Å²) in [6.07, 6.45) is 8.99. The number of rotatable bonds is 9. The van der Waals surface area contributed by atoms with E-state index in [1.54, 1.807) is 11.2 Å². The molecule has 3 aliphatic rings. The van der Waals surface area contributed by atoms with Gasteiger partial charge in [-0.1, -0.05) is 23.7 Å². The zero-order chi connectivity index (χ0) is 34.6. The Hall–Kier alpha value is -3.45. The van der Waals surface area contributed by atoms with E-state index in [0.29, 0.717) is 44.0 Å². The second-order valence-corrected chi connectivity index (χ2v) is 15.2. The zero-order valence-corrected chi connectivity index (χ0v) is 29.8. The molecule has 3 aliphatic heterocycles. The summed E-state index contributed by atoms with van der Waals surface area (Å²) in [5.74, 6) is 0.747. The molecule has 0 unspecified atom stereocenters. The third kappa shape index (κ3) is 9.02. The molecule has 1 aromatic carbocycles. The van der Waals surface area contributed by atoms with Gasteiger partial charge in [0.15, 0.2) is 0 Å². The number of aromatic nitrogens is 3. The summed E-state index contributed by atoms with van der Waals surface area (Å²) >= 11 is 6.22. The van der Waals surface area contributed by atoms with Crippen LogP contribution in [0.15, 0.2) is 42.9 Å². The lowest BCUT2D eigenvalue weighted by atomic mass is 9.86. The first-order chi connectivity index (χ1) is 23.5. The van der Waals surface area contributed by atoms with Gasteiger partial charge in [-0.05, 0) is 89.5 Å². The van der Waals surface area contributed by atoms with Gasteiger partial charge in [-0.25, -0.2) is 14.8 Å². The van der Waals surface area contributed by atoms with Crippen LogP contribution in [0.5, 0.6) is 0 Å². The lowest BCUT2D eigenvalue weighted by molar-refractivity contribution is -0.128. The summed E-state index contributed by atoms with van der Waals surface area (Å²) < 4.78 is 12.0. The average Bonchev–Trinajstić information content (AvgIpc) is 3.57. The molecular weight excluding hydrogens is 644 g/mol. The fraction of sp³-hybridized carbons (Fsp3) is 0.611. The highest BCUT2D eigenvalue weighted by Gasteiger charge is 2.39. The van der Waals surface area contributed by atoms with Gasteiger partial charge in [-0.3, -0.25) is 4.79 Å². The zero-order valence-electron chi connectivity index (χ0n) is 29.0. The highest BCUT2D eigenvalue weighted by molar-refractivity contribution is 6.30. The Balaban J connectivity index is 0.980. The van der Waals surface area contributed by atoms with Gasteiger partial charge in [0, 0.05) is 57.0 Å². The molecule has 2 aromatic heterocycles. The Kier molecular flexibility index (Phi) is 11.0. The van der Waals surface area contributed by atoms with E-state index in [-0.39, 0.29) is 30.3 Å². The van der Waals surface area contributed by atoms with E-state index in [9.17, 15) is 9.59 Å². The third-order valence-corrected chi connectivity index (χ3v) is 10.3. The van der Waals surface area contributed by atoms with Crippen LogP contribution in [-0.2, 0) is 14.3 Å². The first-order valence-electron chi connectivity index (χ1n) is 17.7. The quantitative estimate of drug-likeness (QED) is 0.281. The van der Waals surface area contributed by atoms with Gasteiger partial charge in [0.2, 0.25) is 5.91 Å². The summed E-state index contributed by atoms with van der Waals surface area (Å²) in [6.45, 7) is 11.0. The van der Waals surface area contributed by atoms with Crippen LogP contribution in [0.1, 0.15) is 77.3 Å². The molecular formula is C36H51ClN8O4. The van der Waals surface area contributed by atoms with Crippen LogP contribution in [0.2, 0.25) is 5.02 Å². The molecule has 0 saturated carbocycles. The van der Waals surface area contributed by atoms with Gasteiger partial charge >= 0.3 is 6.09 Å². The number of nitrogens with two attached hydrogens (primary N) is 1. The number of fused-ring (bicyclic) bond motifs is 1. The number of halogens is 1. The molecule has 0 radical (unpaired) electrons. The van der Waals surface area contributed by atoms with Gasteiger partial charge in [0.05, 0.1) is 29.2 Å². The van der Waals surface area contributed by atoms with Crippen LogP contribution < -0.4 is 16.0 Å². The van der Waals surface area contributed by atoms with Gasteiger partial charge in [-0.15, -0.1) is 0 Å². The number of piperidine rings is 3. The first-order valence-corrected chi connectivity index (χ1v) is 18.1. The van der Waals surface area contributed by atoms with E-state index >= 15 is 0 Å². The smallest absolute Gasteiger partial charge is 0.410 e. The topological polar surface area (TPSA) is 142 Å². The fourth-order valence-corrected chi connectivity index (χ4v) is 7.25. The van der Waals surface area contributed by atoms with E-state index < -0.39 is 11.1 Å². The molecule has 0 bridgehead atoms. The number of ether oxygens (including phenoxy) is 2. The lowest BCUT2D eigenvalue weighted by Crippen LogP contribution is -2.60. The molecule has 0 spiro atoms. The van der Waals surface area contributed by atoms with E-state index in [1.165, 1.54) is 0 Å². The Bertz CT molecular complexity index is 1550. The number of amides is 2. The van der Waals surface area contributed by atoms with E-state index in [0.717, 1.165) is 74.2 Å². The Labute approximate surface area is 294 Å². The molecule has 4 N–H and O–H groups in total. The van der Waals surface area contributed by atoms with Crippen LogP contribution in [0.4, 0.5) is 10.6 Å². The van der Waals surface area contributed by atoms with Gasteiger partial charge in [-0.2, -0.15) is 0 Å². The lowest BCUT2D eigenvalue weighted by Gasteiger charge is -2.40. The van der Waals surface area contributed by atoms with Gasteiger partial charge < -0.3 is 40.2 Å². The standard InChI is InChI=1S/C36H51ClN8O4/c1-35(2,3)49-34(47)45-20-11-28(12-21-45)48-27-9-17-43(18-10-27)19-13-30(25-4-6-26(37)7-5-25)42-33(46)36(38)14-22-44(23-15-36)32-29-8-16-39-31(29)40-24-41-32/h4-8,16,24,27-28,30H,9-15,17-23,38H2,1-3H3,(H,42,46)(H,39,40,41)/t30-/m0/s1. The summed E-state index contributed by atoms with van der Waals surface area (Å²) in [5, 5.41) is 4.96. The summed E-state index contributed by atoms with van der Waals surface area (Å²) in [6, 6.07) is 9.52. The maximum absolute atomic E-state index is 13.8. The van der Waals surface area contributed by atoms with Crippen LogP contribution in [-0.4, -0.2) is 106 Å². The van der Waals surface area contributed by atoms with Crippen molar-refractivity contribution < 1.29 is 19.1 Å². The van der Waals surface area contributed by atoms with Crippen molar-refractivity contribution >= 4 is 40.5 Å². The number of hydrogen-bond acceptors (Lipinski definition) is 9. The Morgan fingerprint density at radius 3 is 2.31 bits per heavy atom. The molecule has 6 rings (SSSR count). The monoisotopic (exact) mass is 694 g/mol.